The van der Waals surface area contributed by atoms with Crippen LogP contribution in [0.2, 0.25) is 0 Å². The first kappa shape index (κ1) is 12.3. The predicted octanol–water partition coefficient (Wildman–Crippen LogP) is 3.26. The van der Waals surface area contributed by atoms with Crippen LogP contribution in [-0.2, 0) is 0 Å². The molecule has 0 saturated heterocycles. The van der Waals surface area contributed by atoms with E-state index in [1.165, 1.54) is 0 Å². The molecule has 3 rings (SSSR count). The van der Waals surface area contributed by atoms with Crippen molar-refractivity contribution < 1.29 is 10.2 Å². The minimum Gasteiger partial charge on any atom is -0.508 e. The highest BCUT2D eigenvalue weighted by molar-refractivity contribution is 5.61. The first-order chi connectivity index (χ1) is 9.63. The first-order valence-corrected chi connectivity index (χ1v) is 6.28. The predicted molar refractivity (Wildman–Crippen MR) is 77.1 cm³/mol. The monoisotopic (exact) mass is 266 g/mol. The highest BCUT2D eigenvalue weighted by Gasteiger charge is 2.05. The highest BCUT2D eigenvalue weighted by Crippen LogP contribution is 2.24. The Balaban J connectivity index is 1.97. The second-order valence-electron chi connectivity index (χ2n) is 4.66. The molecule has 2 aromatic carbocycles. The average Bonchev–Trinajstić information content (AvgIpc) is 2.92. The van der Waals surface area contributed by atoms with Gasteiger partial charge >= 0.3 is 0 Å². The van der Waals surface area contributed by atoms with Crippen molar-refractivity contribution in [3.63, 3.8) is 0 Å². The van der Waals surface area contributed by atoms with Gasteiger partial charge in [0.2, 0.25) is 0 Å². The molecule has 0 radical (unpaired) electrons. The van der Waals surface area contributed by atoms with Crippen molar-refractivity contribution in [2.24, 2.45) is 0 Å². The fourth-order valence-electron chi connectivity index (χ4n) is 2.04. The van der Waals surface area contributed by atoms with Crippen LogP contribution >= 0.6 is 0 Å². The Kier molecular flexibility index (Phi) is 2.91. The van der Waals surface area contributed by atoms with Crippen molar-refractivity contribution in [1.29, 1.82) is 0 Å². The molecule has 1 aromatic heterocycles. The molecule has 0 aliphatic heterocycles. The van der Waals surface area contributed by atoms with Gasteiger partial charge in [0.1, 0.15) is 11.5 Å². The lowest BCUT2D eigenvalue weighted by Crippen LogP contribution is -1.94. The molecular weight excluding hydrogens is 252 g/mol. The van der Waals surface area contributed by atoms with Crippen LogP contribution in [0, 0.1) is 6.92 Å². The topological polar surface area (TPSA) is 58.3 Å². The van der Waals surface area contributed by atoms with E-state index in [1.807, 2.05) is 31.3 Å². The summed E-state index contributed by atoms with van der Waals surface area (Å²) in [7, 11) is 0. The van der Waals surface area contributed by atoms with Gasteiger partial charge in [0.25, 0.3) is 0 Å². The smallest absolute Gasteiger partial charge is 0.118 e. The van der Waals surface area contributed by atoms with Crippen LogP contribution in [0.1, 0.15) is 5.56 Å². The standard InChI is InChI=1S/C16H14N2O2/c1-11-10-12(2-7-16(11)20)15-8-9-18(17-15)13-3-5-14(19)6-4-13/h2-10,19-20H,1H3. The van der Waals surface area contributed by atoms with E-state index >= 15 is 0 Å². The van der Waals surface area contributed by atoms with Gasteiger partial charge in [-0.2, -0.15) is 5.10 Å². The Morgan fingerprint density at radius 2 is 1.70 bits per heavy atom. The second kappa shape index (κ2) is 4.74. The molecule has 20 heavy (non-hydrogen) atoms. The van der Waals surface area contributed by atoms with Gasteiger partial charge in [-0.15, -0.1) is 0 Å². The molecule has 0 aliphatic carbocycles. The molecule has 4 nitrogen and oxygen atoms in total. The molecule has 0 aliphatic rings. The molecule has 0 unspecified atom stereocenters. The molecule has 1 heterocycles. The van der Waals surface area contributed by atoms with Crippen molar-refractivity contribution >= 4 is 0 Å². The number of rotatable bonds is 2. The molecule has 0 fully saturated rings. The number of phenolic OH excluding ortho intramolecular Hbond substituents is 2. The van der Waals surface area contributed by atoms with E-state index in [0.717, 1.165) is 22.5 Å². The van der Waals surface area contributed by atoms with Crippen molar-refractivity contribution in [2.75, 3.05) is 0 Å². The minimum absolute atomic E-state index is 0.232. The molecule has 0 saturated carbocycles. The summed E-state index contributed by atoms with van der Waals surface area (Å²) in [6, 6.07) is 14.2. The lowest BCUT2D eigenvalue weighted by Gasteiger charge is -2.03. The van der Waals surface area contributed by atoms with E-state index in [4.69, 9.17) is 0 Å². The van der Waals surface area contributed by atoms with Gasteiger partial charge in [-0.25, -0.2) is 4.68 Å². The number of phenols is 2. The summed E-state index contributed by atoms with van der Waals surface area (Å²) in [5.74, 6) is 0.516. The Hall–Kier alpha value is -2.75. The zero-order chi connectivity index (χ0) is 14.1. The van der Waals surface area contributed by atoms with Crippen LogP contribution < -0.4 is 0 Å². The van der Waals surface area contributed by atoms with Crippen molar-refractivity contribution in [3.8, 4) is 28.4 Å². The first-order valence-electron chi connectivity index (χ1n) is 6.28. The van der Waals surface area contributed by atoms with Crippen molar-refractivity contribution in [3.05, 3.63) is 60.3 Å². The molecule has 0 amide bonds. The summed E-state index contributed by atoms with van der Waals surface area (Å²) in [6.07, 6.45) is 1.86. The summed E-state index contributed by atoms with van der Waals surface area (Å²) < 4.78 is 1.75. The number of hydrogen-bond acceptors (Lipinski definition) is 3. The lowest BCUT2D eigenvalue weighted by atomic mass is 10.1. The van der Waals surface area contributed by atoms with E-state index in [-0.39, 0.29) is 11.5 Å². The zero-order valence-corrected chi connectivity index (χ0v) is 11.0. The number of nitrogens with zero attached hydrogens (tertiary/aromatic N) is 2. The summed E-state index contributed by atoms with van der Waals surface area (Å²) in [6.45, 7) is 1.86. The SMILES string of the molecule is Cc1cc(-c2ccn(-c3ccc(O)cc3)n2)ccc1O. The Morgan fingerprint density at radius 3 is 2.40 bits per heavy atom. The van der Waals surface area contributed by atoms with Gasteiger partial charge in [0.05, 0.1) is 11.4 Å². The third-order valence-electron chi connectivity index (χ3n) is 3.20. The second-order valence-corrected chi connectivity index (χ2v) is 4.66. The van der Waals surface area contributed by atoms with Gasteiger partial charge in [-0.1, -0.05) is 0 Å². The Labute approximate surface area is 116 Å². The number of benzene rings is 2. The molecule has 3 aromatic rings. The van der Waals surface area contributed by atoms with Crippen LogP contribution in [0.5, 0.6) is 11.5 Å². The normalized spacial score (nSPS) is 10.7. The summed E-state index contributed by atoms with van der Waals surface area (Å²) in [5, 5.41) is 23.3. The number of aromatic nitrogens is 2. The maximum absolute atomic E-state index is 9.55. The molecule has 0 bridgehead atoms. The summed E-state index contributed by atoms with van der Waals surface area (Å²) in [5.41, 5.74) is 3.49. The van der Waals surface area contributed by atoms with Crippen LogP contribution in [0.3, 0.4) is 0 Å². The van der Waals surface area contributed by atoms with Crippen LogP contribution in [0.15, 0.2) is 54.7 Å². The number of aromatic hydroxyl groups is 2. The number of hydrogen-bond donors (Lipinski definition) is 2. The molecule has 0 spiro atoms. The molecular formula is C16H14N2O2. The molecule has 0 atom stereocenters. The fraction of sp³-hybridized carbons (Fsp3) is 0.0625. The Bertz CT molecular complexity index is 745. The largest absolute Gasteiger partial charge is 0.508 e. The highest BCUT2D eigenvalue weighted by atomic mass is 16.3. The average molecular weight is 266 g/mol. The van der Waals surface area contributed by atoms with Crippen molar-refractivity contribution in [2.45, 2.75) is 6.92 Å². The van der Waals surface area contributed by atoms with Gasteiger partial charge in [0.15, 0.2) is 0 Å². The van der Waals surface area contributed by atoms with E-state index < -0.39 is 0 Å². The zero-order valence-electron chi connectivity index (χ0n) is 11.0. The molecule has 4 heteroatoms. The lowest BCUT2D eigenvalue weighted by molar-refractivity contribution is 0.471. The Morgan fingerprint density at radius 1 is 0.950 bits per heavy atom. The van der Waals surface area contributed by atoms with Crippen LogP contribution in [0.4, 0.5) is 0 Å². The molecule has 2 N–H and O–H groups in total. The van der Waals surface area contributed by atoms with Gasteiger partial charge < -0.3 is 10.2 Å². The van der Waals surface area contributed by atoms with Gasteiger partial charge in [0, 0.05) is 11.8 Å². The van der Waals surface area contributed by atoms with Gasteiger partial charge in [-0.3, -0.25) is 0 Å². The van der Waals surface area contributed by atoms with Crippen molar-refractivity contribution in [1.82, 2.24) is 9.78 Å². The van der Waals surface area contributed by atoms with E-state index in [1.54, 1.807) is 35.0 Å². The maximum Gasteiger partial charge on any atom is 0.118 e. The van der Waals surface area contributed by atoms with Gasteiger partial charge in [-0.05, 0) is 61.0 Å². The van der Waals surface area contributed by atoms with E-state index in [0.29, 0.717) is 0 Å². The maximum atomic E-state index is 9.55. The van der Waals surface area contributed by atoms with E-state index in [2.05, 4.69) is 5.10 Å². The number of aryl methyl sites for hydroxylation is 1. The minimum atomic E-state index is 0.232. The third-order valence-corrected chi connectivity index (χ3v) is 3.20. The summed E-state index contributed by atoms with van der Waals surface area (Å²) in [4.78, 5) is 0. The summed E-state index contributed by atoms with van der Waals surface area (Å²) >= 11 is 0. The quantitative estimate of drug-likeness (QED) is 0.748. The fourth-order valence-corrected chi connectivity index (χ4v) is 2.04. The molecule has 100 valence electrons. The third kappa shape index (κ3) is 2.23. The van der Waals surface area contributed by atoms with Crippen LogP contribution in [0.25, 0.3) is 16.9 Å². The van der Waals surface area contributed by atoms with Crippen LogP contribution in [-0.4, -0.2) is 20.0 Å². The van der Waals surface area contributed by atoms with E-state index in [9.17, 15) is 10.2 Å².